The molecular weight excluding hydrogens is 402 g/mol. The number of aromatic nitrogens is 1. The van der Waals surface area contributed by atoms with E-state index >= 15 is 0 Å². The molecule has 3 aromatic rings. The van der Waals surface area contributed by atoms with Gasteiger partial charge in [-0.2, -0.15) is 9.37 Å². The summed E-state index contributed by atoms with van der Waals surface area (Å²) in [5.74, 6) is -2.46. The average molecular weight is 413 g/mol. The molecule has 0 spiro atoms. The second kappa shape index (κ2) is 7.42. The van der Waals surface area contributed by atoms with Crippen LogP contribution in [-0.4, -0.2) is 22.6 Å². The second-order valence-electron chi connectivity index (χ2n) is 5.46. The number of hydrogen-bond donors (Lipinski definition) is 2. The zero-order valence-corrected chi connectivity index (χ0v) is 15.2. The van der Waals surface area contributed by atoms with Crippen LogP contribution < -0.4 is 15.7 Å². The van der Waals surface area contributed by atoms with Crippen molar-refractivity contribution in [2.75, 3.05) is 11.9 Å². The van der Waals surface area contributed by atoms with Gasteiger partial charge in [-0.05, 0) is 30.7 Å². The molecule has 0 atom stereocenters. The molecule has 0 amide bonds. The Kier molecular flexibility index (Phi) is 5.20. The SMILES string of the molecule is Cc1cc(=O)oc2ccc(Oc3c(Cl)c(F)nc(NCC(=O)O)c3Cl)cc12. The fraction of sp³-hybridized carbons (Fsp3) is 0.118. The number of ether oxygens (including phenoxy) is 1. The summed E-state index contributed by atoms with van der Waals surface area (Å²) in [5.41, 5.74) is 0.535. The first kappa shape index (κ1) is 18.9. The molecule has 2 aromatic heterocycles. The van der Waals surface area contributed by atoms with E-state index in [9.17, 15) is 14.0 Å². The van der Waals surface area contributed by atoms with Gasteiger partial charge in [0.2, 0.25) is 5.95 Å². The molecule has 0 radical (unpaired) electrons. The smallest absolute Gasteiger partial charge is 0.336 e. The van der Waals surface area contributed by atoms with E-state index in [2.05, 4.69) is 10.3 Å². The van der Waals surface area contributed by atoms with Gasteiger partial charge >= 0.3 is 11.6 Å². The molecule has 140 valence electrons. The van der Waals surface area contributed by atoms with Crippen molar-refractivity contribution in [3.63, 3.8) is 0 Å². The molecule has 0 fully saturated rings. The molecule has 0 aliphatic rings. The molecule has 0 bridgehead atoms. The Labute approximate surface area is 161 Å². The van der Waals surface area contributed by atoms with Crippen LogP contribution in [0.4, 0.5) is 10.2 Å². The van der Waals surface area contributed by atoms with Crippen LogP contribution in [0, 0.1) is 12.9 Å². The lowest BCUT2D eigenvalue weighted by Crippen LogP contribution is -2.14. The summed E-state index contributed by atoms with van der Waals surface area (Å²) < 4.78 is 24.7. The fourth-order valence-electron chi connectivity index (χ4n) is 2.34. The number of aryl methyl sites for hydroxylation is 1. The molecule has 10 heteroatoms. The summed E-state index contributed by atoms with van der Waals surface area (Å²) in [5, 5.41) is 11.1. The van der Waals surface area contributed by atoms with Crippen molar-refractivity contribution < 1.29 is 23.4 Å². The van der Waals surface area contributed by atoms with E-state index in [1.54, 1.807) is 13.0 Å². The summed E-state index contributed by atoms with van der Waals surface area (Å²) in [6, 6.07) is 5.90. The Morgan fingerprint density at radius 1 is 1.33 bits per heavy atom. The topological polar surface area (TPSA) is 102 Å². The third-order valence-electron chi connectivity index (χ3n) is 3.55. The van der Waals surface area contributed by atoms with E-state index in [1.807, 2.05) is 0 Å². The summed E-state index contributed by atoms with van der Waals surface area (Å²) in [4.78, 5) is 25.6. The standard InChI is InChI=1S/C17H11Cl2FN2O5/c1-7-4-12(25)27-10-3-2-8(5-9(7)10)26-15-13(18)16(20)22-17(14(15)19)21-6-11(23)24/h2-5H,6H2,1H3,(H,21,22)(H,23,24). The number of pyridine rings is 1. The summed E-state index contributed by atoms with van der Waals surface area (Å²) in [7, 11) is 0. The number of hydrogen-bond acceptors (Lipinski definition) is 6. The first-order valence-corrected chi connectivity index (χ1v) is 8.24. The molecule has 7 nitrogen and oxygen atoms in total. The van der Waals surface area contributed by atoms with Crippen LogP contribution in [0.15, 0.2) is 33.5 Å². The monoisotopic (exact) mass is 412 g/mol. The van der Waals surface area contributed by atoms with E-state index < -0.39 is 29.1 Å². The molecular formula is C17H11Cl2FN2O5. The van der Waals surface area contributed by atoms with Crippen LogP contribution >= 0.6 is 23.2 Å². The third kappa shape index (κ3) is 3.96. The molecule has 0 unspecified atom stereocenters. The minimum absolute atomic E-state index is 0.181. The van der Waals surface area contributed by atoms with Crippen molar-refractivity contribution in [1.82, 2.24) is 4.98 Å². The number of nitrogens with one attached hydrogen (secondary N) is 1. The van der Waals surface area contributed by atoms with Crippen molar-refractivity contribution in [2.45, 2.75) is 6.92 Å². The van der Waals surface area contributed by atoms with Crippen molar-refractivity contribution >= 4 is 46.0 Å². The Morgan fingerprint density at radius 3 is 2.78 bits per heavy atom. The molecule has 3 rings (SSSR count). The number of halogens is 3. The summed E-state index contributed by atoms with van der Waals surface area (Å²) in [6.45, 7) is 1.20. The minimum atomic E-state index is -1.18. The maximum absolute atomic E-state index is 14.0. The normalized spacial score (nSPS) is 10.8. The van der Waals surface area contributed by atoms with E-state index in [4.69, 9.17) is 37.5 Å². The molecule has 0 aliphatic heterocycles. The van der Waals surface area contributed by atoms with Gasteiger partial charge in [-0.3, -0.25) is 4.79 Å². The van der Waals surface area contributed by atoms with E-state index in [-0.39, 0.29) is 22.3 Å². The highest BCUT2D eigenvalue weighted by Gasteiger charge is 2.20. The van der Waals surface area contributed by atoms with Crippen LogP contribution in [0.1, 0.15) is 5.56 Å². The first-order chi connectivity index (χ1) is 12.8. The van der Waals surface area contributed by atoms with Gasteiger partial charge in [-0.25, -0.2) is 4.79 Å². The largest absolute Gasteiger partial charge is 0.480 e. The zero-order chi connectivity index (χ0) is 19.7. The predicted molar refractivity (Wildman–Crippen MR) is 97.6 cm³/mol. The number of fused-ring (bicyclic) bond motifs is 1. The average Bonchev–Trinajstić information content (AvgIpc) is 2.61. The van der Waals surface area contributed by atoms with Gasteiger partial charge in [-0.1, -0.05) is 23.2 Å². The second-order valence-corrected chi connectivity index (χ2v) is 6.22. The lowest BCUT2D eigenvalue weighted by molar-refractivity contribution is -0.134. The summed E-state index contributed by atoms with van der Waals surface area (Å²) >= 11 is 12.0. The van der Waals surface area contributed by atoms with E-state index in [1.165, 1.54) is 18.2 Å². The molecule has 0 aliphatic carbocycles. The molecule has 1 aromatic carbocycles. The highest BCUT2D eigenvalue weighted by Crippen LogP contribution is 2.41. The van der Waals surface area contributed by atoms with E-state index in [0.717, 1.165) is 0 Å². The Balaban J connectivity index is 2.03. The summed E-state index contributed by atoms with van der Waals surface area (Å²) in [6.07, 6.45) is 0. The Morgan fingerprint density at radius 2 is 2.07 bits per heavy atom. The number of carbonyl (C=O) groups is 1. The van der Waals surface area contributed by atoms with Crippen molar-refractivity contribution in [3.05, 3.63) is 56.2 Å². The van der Waals surface area contributed by atoms with Gasteiger partial charge in [0.1, 0.15) is 27.9 Å². The van der Waals surface area contributed by atoms with Gasteiger partial charge in [0.25, 0.3) is 0 Å². The maximum Gasteiger partial charge on any atom is 0.336 e. The zero-order valence-electron chi connectivity index (χ0n) is 13.7. The Hall–Kier alpha value is -2.84. The lowest BCUT2D eigenvalue weighted by Gasteiger charge is -2.14. The maximum atomic E-state index is 14.0. The van der Waals surface area contributed by atoms with Crippen LogP contribution in [0.3, 0.4) is 0 Å². The van der Waals surface area contributed by atoms with Gasteiger partial charge in [0, 0.05) is 11.5 Å². The third-order valence-corrected chi connectivity index (χ3v) is 4.22. The van der Waals surface area contributed by atoms with Crippen molar-refractivity contribution in [1.29, 1.82) is 0 Å². The highest BCUT2D eigenvalue weighted by molar-refractivity contribution is 6.38. The number of carboxylic acid groups (broad SMARTS) is 1. The minimum Gasteiger partial charge on any atom is -0.480 e. The number of aliphatic carboxylic acids is 1. The number of carboxylic acids is 1. The van der Waals surface area contributed by atoms with Crippen LogP contribution in [-0.2, 0) is 4.79 Å². The van der Waals surface area contributed by atoms with Crippen molar-refractivity contribution in [3.8, 4) is 11.5 Å². The van der Waals surface area contributed by atoms with Crippen LogP contribution in [0.2, 0.25) is 10.0 Å². The van der Waals surface area contributed by atoms with Gasteiger partial charge in [-0.15, -0.1) is 0 Å². The molecule has 0 saturated heterocycles. The van der Waals surface area contributed by atoms with Gasteiger partial charge < -0.3 is 19.6 Å². The van der Waals surface area contributed by atoms with E-state index in [0.29, 0.717) is 16.5 Å². The van der Waals surface area contributed by atoms with Crippen LogP contribution in [0.25, 0.3) is 11.0 Å². The quantitative estimate of drug-likeness (QED) is 0.477. The van der Waals surface area contributed by atoms with Crippen LogP contribution in [0.5, 0.6) is 11.5 Å². The molecule has 2 N–H and O–H groups in total. The predicted octanol–water partition coefficient (Wildman–Crippen LogP) is 4.23. The number of nitrogens with zero attached hydrogens (tertiary/aromatic N) is 1. The molecule has 0 saturated carbocycles. The highest BCUT2D eigenvalue weighted by atomic mass is 35.5. The van der Waals surface area contributed by atoms with Crippen molar-refractivity contribution in [2.24, 2.45) is 0 Å². The Bertz CT molecular complexity index is 1120. The molecule has 2 heterocycles. The lowest BCUT2D eigenvalue weighted by atomic mass is 10.1. The molecule has 27 heavy (non-hydrogen) atoms. The number of rotatable bonds is 5. The number of benzene rings is 1. The fourth-order valence-corrected chi connectivity index (χ4v) is 2.81. The van der Waals surface area contributed by atoms with Gasteiger partial charge in [0.15, 0.2) is 11.6 Å². The van der Waals surface area contributed by atoms with Gasteiger partial charge in [0.05, 0.1) is 0 Å². The number of anilines is 1. The first-order valence-electron chi connectivity index (χ1n) is 7.49.